The fourth-order valence-electron chi connectivity index (χ4n) is 3.78. The quantitative estimate of drug-likeness (QED) is 0.744. The summed E-state index contributed by atoms with van der Waals surface area (Å²) in [5.74, 6) is 0.622. The van der Waals surface area contributed by atoms with Gasteiger partial charge in [-0.25, -0.2) is 0 Å². The number of rotatable bonds is 5. The number of likely N-dealkylation sites (tertiary alicyclic amines) is 1. The Kier molecular flexibility index (Phi) is 5.69. The molecule has 2 fully saturated rings. The van der Waals surface area contributed by atoms with Crippen molar-refractivity contribution in [2.45, 2.75) is 64.4 Å². The van der Waals surface area contributed by atoms with Crippen LogP contribution >= 0.6 is 0 Å². The molecule has 1 aromatic rings. The molecule has 1 aliphatic carbocycles. The molecule has 1 saturated heterocycles. The second-order valence-electron chi connectivity index (χ2n) is 8.86. The smallest absolute Gasteiger partial charge is 0.307 e. The summed E-state index contributed by atoms with van der Waals surface area (Å²) in [6.07, 6.45) is 4.31. The average Bonchev–Trinajstić information content (AvgIpc) is 3.39. The van der Waals surface area contributed by atoms with Crippen molar-refractivity contribution in [3.63, 3.8) is 0 Å². The van der Waals surface area contributed by atoms with E-state index < -0.39 is 5.60 Å². The number of benzene rings is 1. The van der Waals surface area contributed by atoms with E-state index >= 15 is 0 Å². The minimum atomic E-state index is -0.509. The number of carbonyl (C=O) groups is 2. The summed E-state index contributed by atoms with van der Waals surface area (Å²) >= 11 is 0. The summed E-state index contributed by atoms with van der Waals surface area (Å²) in [5, 5.41) is 0. The molecule has 0 spiro atoms. The van der Waals surface area contributed by atoms with Gasteiger partial charge >= 0.3 is 5.97 Å². The topological polar surface area (TPSA) is 46.6 Å². The lowest BCUT2D eigenvalue weighted by atomic mass is 9.91. The van der Waals surface area contributed by atoms with Crippen molar-refractivity contribution in [3.05, 3.63) is 35.9 Å². The number of ether oxygens (including phenoxy) is 1. The third-order valence-corrected chi connectivity index (χ3v) is 5.24. The minimum absolute atomic E-state index is 0.140. The zero-order valence-electron chi connectivity index (χ0n) is 16.2. The number of carbonyl (C=O) groups excluding carboxylic acids is 2. The lowest BCUT2D eigenvalue weighted by Crippen LogP contribution is -2.39. The van der Waals surface area contributed by atoms with Crippen molar-refractivity contribution < 1.29 is 14.3 Å². The molecule has 2 aliphatic rings. The molecule has 0 aromatic heterocycles. The predicted octanol–water partition coefficient (Wildman–Crippen LogP) is 4.15. The van der Waals surface area contributed by atoms with Gasteiger partial charge in [0.15, 0.2) is 0 Å². The van der Waals surface area contributed by atoms with Crippen molar-refractivity contribution in [1.29, 1.82) is 0 Å². The lowest BCUT2D eigenvalue weighted by Gasteiger charge is -2.27. The standard InChI is InChI=1S/C22H31NO3/c1-22(2,3)26-20(24)13-18-11-12-19(17-7-5-4-6-8-17)15-23(21(18)25)14-16-9-10-16/h4-8,16,18-19H,9-15H2,1-3H3. The maximum absolute atomic E-state index is 13.1. The Morgan fingerprint density at radius 1 is 1.12 bits per heavy atom. The second-order valence-corrected chi connectivity index (χ2v) is 8.86. The highest BCUT2D eigenvalue weighted by Gasteiger charge is 2.36. The van der Waals surface area contributed by atoms with Crippen molar-refractivity contribution in [1.82, 2.24) is 4.90 Å². The molecule has 2 unspecified atom stereocenters. The highest BCUT2D eigenvalue weighted by molar-refractivity contribution is 5.84. The van der Waals surface area contributed by atoms with E-state index in [-0.39, 0.29) is 24.2 Å². The fourth-order valence-corrected chi connectivity index (χ4v) is 3.78. The summed E-state index contributed by atoms with van der Waals surface area (Å²) < 4.78 is 5.46. The van der Waals surface area contributed by atoms with E-state index in [1.807, 2.05) is 31.7 Å². The van der Waals surface area contributed by atoms with Gasteiger partial charge in [0, 0.05) is 24.9 Å². The zero-order valence-corrected chi connectivity index (χ0v) is 16.2. The normalized spacial score (nSPS) is 24.3. The molecule has 1 aliphatic heterocycles. The van der Waals surface area contributed by atoms with E-state index in [2.05, 4.69) is 24.3 Å². The SMILES string of the molecule is CC(C)(C)OC(=O)CC1CCC(c2ccccc2)CN(CC2CC2)C1=O. The Bertz CT molecular complexity index is 631. The lowest BCUT2D eigenvalue weighted by molar-refractivity contribution is -0.158. The van der Waals surface area contributed by atoms with Gasteiger partial charge in [0.2, 0.25) is 5.91 Å². The van der Waals surface area contributed by atoms with Crippen molar-refractivity contribution >= 4 is 11.9 Å². The van der Waals surface area contributed by atoms with E-state index in [0.717, 1.165) is 25.9 Å². The molecule has 1 heterocycles. The van der Waals surface area contributed by atoms with Crippen LogP contribution in [0.1, 0.15) is 64.4 Å². The first kappa shape index (κ1) is 18.9. The zero-order chi connectivity index (χ0) is 18.7. The predicted molar refractivity (Wildman–Crippen MR) is 102 cm³/mol. The molecule has 4 heteroatoms. The Morgan fingerprint density at radius 3 is 2.42 bits per heavy atom. The van der Waals surface area contributed by atoms with Gasteiger partial charge in [-0.2, -0.15) is 0 Å². The van der Waals surface area contributed by atoms with Gasteiger partial charge in [-0.3, -0.25) is 9.59 Å². The van der Waals surface area contributed by atoms with Crippen LogP contribution in [0.2, 0.25) is 0 Å². The molecule has 0 bridgehead atoms. The maximum Gasteiger partial charge on any atom is 0.307 e. The van der Waals surface area contributed by atoms with Crippen LogP contribution in [0.3, 0.4) is 0 Å². The van der Waals surface area contributed by atoms with Crippen LogP contribution in [0, 0.1) is 11.8 Å². The van der Waals surface area contributed by atoms with Crippen LogP contribution in [0.25, 0.3) is 0 Å². The van der Waals surface area contributed by atoms with Crippen molar-refractivity contribution in [2.75, 3.05) is 13.1 Å². The van der Waals surface area contributed by atoms with Crippen LogP contribution in [-0.4, -0.2) is 35.5 Å². The Labute approximate surface area is 156 Å². The van der Waals surface area contributed by atoms with Gasteiger partial charge in [0.05, 0.1) is 6.42 Å². The van der Waals surface area contributed by atoms with E-state index in [1.54, 1.807) is 0 Å². The second kappa shape index (κ2) is 7.81. The Morgan fingerprint density at radius 2 is 1.81 bits per heavy atom. The number of nitrogens with zero attached hydrogens (tertiary/aromatic N) is 1. The van der Waals surface area contributed by atoms with Gasteiger partial charge in [0.1, 0.15) is 5.60 Å². The van der Waals surface area contributed by atoms with Gasteiger partial charge in [-0.05, 0) is 57.9 Å². The van der Waals surface area contributed by atoms with Crippen LogP contribution in [0.4, 0.5) is 0 Å². The highest BCUT2D eigenvalue weighted by atomic mass is 16.6. The van der Waals surface area contributed by atoms with Gasteiger partial charge in [-0.1, -0.05) is 30.3 Å². The van der Waals surface area contributed by atoms with Gasteiger partial charge in [-0.15, -0.1) is 0 Å². The van der Waals surface area contributed by atoms with Crippen molar-refractivity contribution in [3.8, 4) is 0 Å². The molecule has 0 N–H and O–H groups in total. The average molecular weight is 357 g/mol. The van der Waals surface area contributed by atoms with E-state index in [1.165, 1.54) is 18.4 Å². The summed E-state index contributed by atoms with van der Waals surface area (Å²) in [7, 11) is 0. The number of amides is 1. The van der Waals surface area contributed by atoms with E-state index in [0.29, 0.717) is 11.8 Å². The first-order chi connectivity index (χ1) is 12.3. The number of esters is 1. The third kappa shape index (κ3) is 5.33. The minimum Gasteiger partial charge on any atom is -0.460 e. The molecule has 142 valence electrons. The fraction of sp³-hybridized carbons (Fsp3) is 0.636. The van der Waals surface area contributed by atoms with Gasteiger partial charge in [0.25, 0.3) is 0 Å². The molecular weight excluding hydrogens is 326 g/mol. The molecular formula is C22H31NO3. The monoisotopic (exact) mass is 357 g/mol. The molecule has 0 radical (unpaired) electrons. The molecule has 1 aromatic carbocycles. The van der Waals surface area contributed by atoms with Crippen molar-refractivity contribution in [2.24, 2.45) is 11.8 Å². The maximum atomic E-state index is 13.1. The van der Waals surface area contributed by atoms with Crippen LogP contribution in [0.15, 0.2) is 30.3 Å². The molecule has 1 amide bonds. The Hall–Kier alpha value is -1.84. The molecule has 4 nitrogen and oxygen atoms in total. The molecule has 26 heavy (non-hydrogen) atoms. The molecule has 1 saturated carbocycles. The van der Waals surface area contributed by atoms with Gasteiger partial charge < -0.3 is 9.64 Å². The third-order valence-electron chi connectivity index (χ3n) is 5.24. The first-order valence-corrected chi connectivity index (χ1v) is 9.87. The summed E-state index contributed by atoms with van der Waals surface area (Å²) in [6.45, 7) is 7.21. The van der Waals surface area contributed by atoms with Crippen LogP contribution < -0.4 is 0 Å². The van der Waals surface area contributed by atoms with E-state index in [4.69, 9.17) is 4.74 Å². The number of hydrogen-bond acceptors (Lipinski definition) is 3. The first-order valence-electron chi connectivity index (χ1n) is 9.87. The summed E-state index contributed by atoms with van der Waals surface area (Å²) in [4.78, 5) is 27.4. The highest BCUT2D eigenvalue weighted by Crippen LogP contribution is 2.35. The molecule has 2 atom stereocenters. The molecule has 3 rings (SSSR count). The largest absolute Gasteiger partial charge is 0.460 e. The van der Waals surface area contributed by atoms with E-state index in [9.17, 15) is 9.59 Å². The Balaban J connectivity index is 1.72. The van der Waals surface area contributed by atoms with Crippen LogP contribution in [-0.2, 0) is 14.3 Å². The summed E-state index contributed by atoms with van der Waals surface area (Å²) in [6, 6.07) is 10.5. The number of hydrogen-bond donors (Lipinski definition) is 0. The van der Waals surface area contributed by atoms with Crippen LogP contribution in [0.5, 0.6) is 0 Å². The summed E-state index contributed by atoms with van der Waals surface area (Å²) in [5.41, 5.74) is 0.782.